The molecular weight excluding hydrogens is 364 g/mol. The molecule has 0 spiro atoms. The average Bonchev–Trinajstić information content (AvgIpc) is 2.76. The highest BCUT2D eigenvalue weighted by atomic mass is 19.1. The van der Waals surface area contributed by atoms with Crippen molar-refractivity contribution in [1.82, 2.24) is 0 Å². The normalized spacial score (nSPS) is 11.6. The lowest BCUT2D eigenvalue weighted by Crippen LogP contribution is -2.44. The molecule has 0 aliphatic rings. The first-order valence-electron chi connectivity index (χ1n) is 9.50. The highest BCUT2D eigenvalue weighted by Gasteiger charge is 2.40. The van der Waals surface area contributed by atoms with Crippen molar-refractivity contribution in [3.63, 3.8) is 0 Å². The van der Waals surface area contributed by atoms with Crippen LogP contribution in [0.1, 0.15) is 28.2 Å². The van der Waals surface area contributed by atoms with Gasteiger partial charge in [0.2, 0.25) is 0 Å². The molecule has 144 valence electrons. The molecule has 0 saturated heterocycles. The van der Waals surface area contributed by atoms with Crippen molar-refractivity contribution in [2.24, 2.45) is 5.73 Å². The first-order valence-corrected chi connectivity index (χ1v) is 9.50. The monoisotopic (exact) mass is 385 g/mol. The molecule has 0 radical (unpaired) electrons. The second-order valence-corrected chi connectivity index (χ2v) is 7.14. The van der Waals surface area contributed by atoms with Crippen molar-refractivity contribution in [3.05, 3.63) is 143 Å². The number of halogens is 2. The Bertz CT molecular complexity index is 974. The lowest BCUT2D eigenvalue weighted by Gasteiger charge is -2.39. The summed E-state index contributed by atoms with van der Waals surface area (Å²) in [5, 5.41) is 0. The topological polar surface area (TPSA) is 26.0 Å². The predicted octanol–water partition coefficient (Wildman–Crippen LogP) is 6.00. The molecule has 0 fully saturated rings. The molecule has 3 heteroatoms. The van der Waals surface area contributed by atoms with Gasteiger partial charge in [0.25, 0.3) is 0 Å². The Morgan fingerprint density at radius 3 is 1.21 bits per heavy atom. The zero-order valence-electron chi connectivity index (χ0n) is 15.8. The van der Waals surface area contributed by atoms with Gasteiger partial charge in [-0.1, -0.05) is 84.9 Å². The van der Waals surface area contributed by atoms with Gasteiger partial charge >= 0.3 is 0 Å². The van der Waals surface area contributed by atoms with E-state index in [0.29, 0.717) is 0 Å². The molecule has 1 nitrogen and oxygen atoms in total. The summed E-state index contributed by atoms with van der Waals surface area (Å²) in [6.07, 6.45) is 0. The second-order valence-electron chi connectivity index (χ2n) is 7.14. The number of rotatable bonds is 5. The fourth-order valence-corrected chi connectivity index (χ4v) is 3.96. The third-order valence-electron chi connectivity index (χ3n) is 5.36. The Hall–Kier alpha value is -3.30. The first kappa shape index (κ1) is 19.0. The van der Waals surface area contributed by atoms with E-state index in [1.54, 1.807) is 24.3 Å². The smallest absolute Gasteiger partial charge is 0.123 e. The van der Waals surface area contributed by atoms with E-state index in [1.165, 1.54) is 24.3 Å². The van der Waals surface area contributed by atoms with E-state index in [0.717, 1.165) is 22.3 Å². The average molecular weight is 385 g/mol. The Kier molecular flexibility index (Phi) is 5.24. The van der Waals surface area contributed by atoms with Gasteiger partial charge in [0.05, 0.1) is 5.54 Å². The lowest BCUT2D eigenvalue weighted by molar-refractivity contribution is 0.469. The van der Waals surface area contributed by atoms with Crippen LogP contribution in [0.25, 0.3) is 0 Å². The van der Waals surface area contributed by atoms with Crippen molar-refractivity contribution < 1.29 is 8.78 Å². The molecule has 4 rings (SSSR count). The molecule has 0 amide bonds. The summed E-state index contributed by atoms with van der Waals surface area (Å²) in [7, 11) is 0. The van der Waals surface area contributed by atoms with Gasteiger partial charge in [-0.25, -0.2) is 8.78 Å². The van der Waals surface area contributed by atoms with Crippen LogP contribution in [0, 0.1) is 11.6 Å². The molecule has 4 aromatic carbocycles. The summed E-state index contributed by atoms with van der Waals surface area (Å²) in [5.41, 5.74) is 9.72. The van der Waals surface area contributed by atoms with Crippen LogP contribution in [0.3, 0.4) is 0 Å². The van der Waals surface area contributed by atoms with Gasteiger partial charge in [-0.15, -0.1) is 0 Å². The SMILES string of the molecule is NC(c1ccc(F)cc1)(c1ccc(F)cc1)C(c1ccccc1)c1ccccc1. The van der Waals surface area contributed by atoms with E-state index < -0.39 is 5.54 Å². The van der Waals surface area contributed by atoms with Crippen LogP contribution >= 0.6 is 0 Å². The maximum absolute atomic E-state index is 13.7. The van der Waals surface area contributed by atoms with Gasteiger partial charge in [0, 0.05) is 5.92 Å². The summed E-state index contributed by atoms with van der Waals surface area (Å²) in [5.74, 6) is -0.918. The number of hydrogen-bond acceptors (Lipinski definition) is 1. The van der Waals surface area contributed by atoms with E-state index in [4.69, 9.17) is 5.73 Å². The molecule has 0 aromatic heterocycles. The van der Waals surface area contributed by atoms with Gasteiger partial charge in [-0.05, 0) is 46.5 Å². The Labute approximate surface area is 169 Å². The van der Waals surface area contributed by atoms with Crippen LogP contribution in [0.15, 0.2) is 109 Å². The minimum absolute atomic E-state index is 0.263. The summed E-state index contributed by atoms with van der Waals surface area (Å²) in [6, 6.07) is 32.4. The summed E-state index contributed by atoms with van der Waals surface area (Å²) in [6.45, 7) is 0. The Morgan fingerprint density at radius 2 is 0.862 bits per heavy atom. The van der Waals surface area contributed by atoms with Crippen LogP contribution in [0.4, 0.5) is 8.78 Å². The molecule has 0 unspecified atom stereocenters. The fourth-order valence-electron chi connectivity index (χ4n) is 3.96. The van der Waals surface area contributed by atoms with Gasteiger partial charge in [-0.2, -0.15) is 0 Å². The maximum atomic E-state index is 13.7. The predicted molar refractivity (Wildman–Crippen MR) is 112 cm³/mol. The van der Waals surface area contributed by atoms with Crippen LogP contribution in [0.2, 0.25) is 0 Å². The van der Waals surface area contributed by atoms with Crippen LogP contribution in [-0.4, -0.2) is 0 Å². The highest BCUT2D eigenvalue weighted by Crippen LogP contribution is 2.44. The van der Waals surface area contributed by atoms with Crippen LogP contribution in [-0.2, 0) is 5.54 Å². The molecule has 0 aliphatic heterocycles. The van der Waals surface area contributed by atoms with Crippen LogP contribution in [0.5, 0.6) is 0 Å². The minimum Gasteiger partial charge on any atom is -0.317 e. The molecule has 0 aliphatic carbocycles. The van der Waals surface area contributed by atoms with E-state index in [-0.39, 0.29) is 17.6 Å². The van der Waals surface area contributed by atoms with E-state index >= 15 is 0 Å². The van der Waals surface area contributed by atoms with Gasteiger partial charge < -0.3 is 5.73 Å². The van der Waals surface area contributed by atoms with Crippen molar-refractivity contribution in [2.45, 2.75) is 11.5 Å². The van der Waals surface area contributed by atoms with Gasteiger partial charge in [-0.3, -0.25) is 0 Å². The van der Waals surface area contributed by atoms with Crippen molar-refractivity contribution in [2.75, 3.05) is 0 Å². The fraction of sp³-hybridized carbons (Fsp3) is 0.0769. The molecular formula is C26H21F2N. The summed E-state index contributed by atoms with van der Waals surface area (Å²) >= 11 is 0. The zero-order chi connectivity index (χ0) is 20.3. The number of benzene rings is 4. The molecule has 0 heterocycles. The van der Waals surface area contributed by atoms with Crippen molar-refractivity contribution in [1.29, 1.82) is 0 Å². The Balaban J connectivity index is 2.01. The largest absolute Gasteiger partial charge is 0.317 e. The standard InChI is InChI=1S/C26H21F2N/c27-23-15-11-21(12-16-23)26(29,22-13-17-24(28)18-14-22)25(19-7-3-1-4-8-19)20-9-5-2-6-10-20/h1-18,25H,29H2. The maximum Gasteiger partial charge on any atom is 0.123 e. The zero-order valence-corrected chi connectivity index (χ0v) is 15.8. The minimum atomic E-state index is -1.04. The molecule has 2 N–H and O–H groups in total. The summed E-state index contributed by atoms with van der Waals surface area (Å²) in [4.78, 5) is 0. The van der Waals surface area contributed by atoms with E-state index in [9.17, 15) is 8.78 Å². The van der Waals surface area contributed by atoms with Gasteiger partial charge in [0.1, 0.15) is 11.6 Å². The van der Waals surface area contributed by atoms with Crippen molar-refractivity contribution in [3.8, 4) is 0 Å². The van der Waals surface area contributed by atoms with Gasteiger partial charge in [0.15, 0.2) is 0 Å². The van der Waals surface area contributed by atoms with E-state index in [1.807, 2.05) is 60.7 Å². The molecule has 29 heavy (non-hydrogen) atoms. The van der Waals surface area contributed by atoms with E-state index in [2.05, 4.69) is 0 Å². The second kappa shape index (κ2) is 7.98. The lowest BCUT2D eigenvalue weighted by atomic mass is 9.68. The van der Waals surface area contributed by atoms with Crippen molar-refractivity contribution >= 4 is 0 Å². The molecule has 0 bridgehead atoms. The number of nitrogens with two attached hydrogens (primary N) is 1. The van der Waals surface area contributed by atoms with Crippen LogP contribution < -0.4 is 5.73 Å². The summed E-state index contributed by atoms with van der Waals surface area (Å²) < 4.78 is 27.4. The third kappa shape index (κ3) is 3.69. The highest BCUT2D eigenvalue weighted by molar-refractivity contribution is 5.49. The third-order valence-corrected chi connectivity index (χ3v) is 5.36. The quantitative estimate of drug-likeness (QED) is 0.448. The number of hydrogen-bond donors (Lipinski definition) is 1. The Morgan fingerprint density at radius 1 is 0.517 bits per heavy atom. The molecule has 0 saturated carbocycles. The molecule has 0 atom stereocenters. The molecule has 4 aromatic rings. The first-order chi connectivity index (χ1) is 14.1.